The molecule has 0 spiro atoms. The fraction of sp³-hybridized carbons (Fsp3) is 0.857. The van der Waals surface area contributed by atoms with Gasteiger partial charge in [-0.05, 0) is 45.7 Å². The molecule has 1 aliphatic heterocycles. The molecule has 0 amide bonds. The molecule has 8 nitrogen and oxygen atoms in total. The van der Waals surface area contributed by atoms with E-state index in [2.05, 4.69) is 46.5 Å². The molecule has 1 unspecified atom stereocenters. The molecule has 1 aliphatic rings. The number of aliphatic hydroxyl groups is 1. The lowest BCUT2D eigenvalue weighted by molar-refractivity contribution is 0.0257. The Bertz CT molecular complexity index is 637. The average Bonchev–Trinajstić information content (AvgIpc) is 3.28. The van der Waals surface area contributed by atoms with Gasteiger partial charge in [-0.1, -0.05) is 33.6 Å². The Morgan fingerprint density at radius 3 is 2.52 bits per heavy atom. The minimum absolute atomic E-state index is 0.453. The summed E-state index contributed by atoms with van der Waals surface area (Å²) in [6, 6.07) is 0.536. The number of likely N-dealkylation sites (tertiary alicyclic amines) is 1. The van der Waals surface area contributed by atoms with Gasteiger partial charge in [-0.3, -0.25) is 4.90 Å². The minimum atomic E-state index is -0.698. The number of hydrogen-bond acceptors (Lipinski definition) is 5. The van der Waals surface area contributed by atoms with Gasteiger partial charge in [0.15, 0.2) is 11.8 Å². The van der Waals surface area contributed by atoms with Gasteiger partial charge in [0, 0.05) is 26.2 Å². The first-order chi connectivity index (χ1) is 13.9. The smallest absolute Gasteiger partial charge is 0.191 e. The summed E-state index contributed by atoms with van der Waals surface area (Å²) in [7, 11) is 1.96. The number of aliphatic imine (C=N–C) groups is 1. The average molecular weight is 408 g/mol. The van der Waals surface area contributed by atoms with Crippen molar-refractivity contribution in [2.75, 3.05) is 26.2 Å². The van der Waals surface area contributed by atoms with Crippen molar-refractivity contribution in [2.45, 2.75) is 84.4 Å². The van der Waals surface area contributed by atoms with Crippen molar-refractivity contribution in [3.63, 3.8) is 0 Å². The fourth-order valence-corrected chi connectivity index (χ4v) is 4.15. The number of aromatic nitrogens is 3. The number of nitrogens with zero attached hydrogens (tertiary/aromatic N) is 5. The summed E-state index contributed by atoms with van der Waals surface area (Å²) in [6.07, 6.45) is 5.97. The number of rotatable bonds is 11. The van der Waals surface area contributed by atoms with Gasteiger partial charge in [-0.25, -0.2) is 4.99 Å². The predicted octanol–water partition coefficient (Wildman–Crippen LogP) is 1.97. The van der Waals surface area contributed by atoms with Crippen LogP contribution >= 0.6 is 0 Å². The van der Waals surface area contributed by atoms with Crippen LogP contribution in [-0.4, -0.2) is 68.6 Å². The lowest BCUT2D eigenvalue weighted by atomic mass is 9.93. The van der Waals surface area contributed by atoms with Crippen molar-refractivity contribution in [3.05, 3.63) is 11.6 Å². The van der Waals surface area contributed by atoms with Gasteiger partial charge < -0.3 is 20.3 Å². The zero-order valence-electron chi connectivity index (χ0n) is 19.0. The van der Waals surface area contributed by atoms with E-state index in [1.54, 1.807) is 0 Å². The highest BCUT2D eigenvalue weighted by molar-refractivity contribution is 5.79. The van der Waals surface area contributed by atoms with Crippen LogP contribution in [0.3, 0.4) is 0 Å². The van der Waals surface area contributed by atoms with Crippen molar-refractivity contribution < 1.29 is 5.11 Å². The molecule has 1 atom stereocenters. The number of hydrogen-bond donors (Lipinski definition) is 3. The van der Waals surface area contributed by atoms with E-state index in [0.29, 0.717) is 19.1 Å². The van der Waals surface area contributed by atoms with E-state index >= 15 is 0 Å². The molecule has 1 saturated heterocycles. The van der Waals surface area contributed by atoms with E-state index in [4.69, 9.17) is 4.99 Å². The van der Waals surface area contributed by atoms with Gasteiger partial charge in [0.25, 0.3) is 0 Å². The lowest BCUT2D eigenvalue weighted by Gasteiger charge is -2.29. The molecule has 1 aromatic rings. The molecule has 2 rings (SSSR count). The second-order valence-electron chi connectivity index (χ2n) is 8.27. The van der Waals surface area contributed by atoms with Crippen LogP contribution in [0.5, 0.6) is 0 Å². The van der Waals surface area contributed by atoms with E-state index in [-0.39, 0.29) is 0 Å². The summed E-state index contributed by atoms with van der Waals surface area (Å²) >= 11 is 0. The minimum Gasteiger partial charge on any atom is -0.388 e. The van der Waals surface area contributed by atoms with Crippen LogP contribution in [0.25, 0.3) is 0 Å². The van der Waals surface area contributed by atoms with Gasteiger partial charge in [0.2, 0.25) is 0 Å². The van der Waals surface area contributed by atoms with Gasteiger partial charge in [-0.15, -0.1) is 10.2 Å². The van der Waals surface area contributed by atoms with E-state index in [1.165, 1.54) is 19.4 Å². The van der Waals surface area contributed by atoms with Crippen molar-refractivity contribution in [3.8, 4) is 0 Å². The number of nitrogens with one attached hydrogen (secondary N) is 2. The van der Waals surface area contributed by atoms with E-state index in [9.17, 15) is 5.11 Å². The van der Waals surface area contributed by atoms with Crippen LogP contribution in [0.4, 0.5) is 0 Å². The highest BCUT2D eigenvalue weighted by atomic mass is 16.3. The molecule has 1 fully saturated rings. The molecule has 3 N–H and O–H groups in total. The predicted molar refractivity (Wildman–Crippen MR) is 118 cm³/mol. The third-order valence-corrected chi connectivity index (χ3v) is 5.99. The second kappa shape index (κ2) is 11.5. The number of guanidine groups is 1. The molecule has 0 bridgehead atoms. The first kappa shape index (κ1) is 23.6. The molecule has 0 aliphatic carbocycles. The van der Waals surface area contributed by atoms with Gasteiger partial charge in [0.05, 0.1) is 5.60 Å². The van der Waals surface area contributed by atoms with E-state index < -0.39 is 5.60 Å². The zero-order valence-corrected chi connectivity index (χ0v) is 19.0. The van der Waals surface area contributed by atoms with Crippen LogP contribution in [0.1, 0.15) is 70.9 Å². The second-order valence-corrected chi connectivity index (χ2v) is 8.27. The van der Waals surface area contributed by atoms with Crippen LogP contribution in [-0.2, 0) is 13.6 Å². The maximum Gasteiger partial charge on any atom is 0.191 e. The Kier molecular flexibility index (Phi) is 9.36. The summed E-state index contributed by atoms with van der Waals surface area (Å²) < 4.78 is 1.96. The Hall–Kier alpha value is -1.67. The third-order valence-electron chi connectivity index (χ3n) is 5.99. The van der Waals surface area contributed by atoms with E-state index in [1.807, 2.05) is 18.5 Å². The lowest BCUT2D eigenvalue weighted by Crippen LogP contribution is -2.49. The zero-order chi connectivity index (χ0) is 21.3. The molecular formula is C21H41N7O. The first-order valence-corrected chi connectivity index (χ1v) is 11.3. The SMILES string of the molecule is CCCC(O)(CCC)CNC(=NCc1nnc(C)n1C)NCC1CCCN1CC. The molecule has 8 heteroatoms. The van der Waals surface area contributed by atoms with Gasteiger partial charge in [-0.2, -0.15) is 0 Å². The summed E-state index contributed by atoms with van der Waals surface area (Å²) in [5.41, 5.74) is -0.698. The van der Waals surface area contributed by atoms with Crippen LogP contribution in [0.15, 0.2) is 4.99 Å². The molecule has 1 aromatic heterocycles. The molecule has 0 saturated carbocycles. The third kappa shape index (κ3) is 6.96. The molecular weight excluding hydrogens is 366 g/mol. The summed E-state index contributed by atoms with van der Waals surface area (Å²) in [5.74, 6) is 2.44. The van der Waals surface area contributed by atoms with Crippen molar-refractivity contribution >= 4 is 5.96 Å². The largest absolute Gasteiger partial charge is 0.388 e. The first-order valence-electron chi connectivity index (χ1n) is 11.3. The number of aryl methyl sites for hydroxylation is 1. The summed E-state index contributed by atoms with van der Waals surface area (Å²) in [6.45, 7) is 12.5. The Morgan fingerprint density at radius 1 is 1.21 bits per heavy atom. The Balaban J connectivity index is 2.04. The summed E-state index contributed by atoms with van der Waals surface area (Å²) in [5, 5.41) is 26.2. The topological polar surface area (TPSA) is 90.6 Å². The van der Waals surface area contributed by atoms with E-state index in [0.717, 1.165) is 56.4 Å². The fourth-order valence-electron chi connectivity index (χ4n) is 4.15. The Labute approximate surface area is 176 Å². The van der Waals surface area contributed by atoms with Gasteiger partial charge in [0.1, 0.15) is 12.4 Å². The van der Waals surface area contributed by atoms with Crippen molar-refractivity contribution in [1.29, 1.82) is 0 Å². The monoisotopic (exact) mass is 407 g/mol. The number of likely N-dealkylation sites (N-methyl/N-ethyl adjacent to an activating group) is 1. The molecule has 166 valence electrons. The molecule has 0 aromatic carbocycles. The highest BCUT2D eigenvalue weighted by Crippen LogP contribution is 2.19. The van der Waals surface area contributed by atoms with Crippen LogP contribution < -0.4 is 10.6 Å². The maximum absolute atomic E-state index is 11.0. The van der Waals surface area contributed by atoms with Crippen molar-refractivity contribution in [1.82, 2.24) is 30.3 Å². The standard InChI is InChI=1S/C21H41N7O/c1-6-11-21(29,12-7-2)16-24-20(22-14-18-10-9-13-28(18)8-3)23-15-19-26-25-17(4)27(19)5/h18,29H,6-16H2,1-5H3,(H2,22,23,24). The molecule has 2 heterocycles. The normalized spacial score (nSPS) is 18.4. The highest BCUT2D eigenvalue weighted by Gasteiger charge is 2.26. The Morgan fingerprint density at radius 2 is 1.93 bits per heavy atom. The molecule has 29 heavy (non-hydrogen) atoms. The van der Waals surface area contributed by atoms with Crippen LogP contribution in [0, 0.1) is 6.92 Å². The van der Waals surface area contributed by atoms with Crippen LogP contribution in [0.2, 0.25) is 0 Å². The molecule has 0 radical (unpaired) electrons. The van der Waals surface area contributed by atoms with Crippen molar-refractivity contribution in [2.24, 2.45) is 12.0 Å². The summed E-state index contributed by atoms with van der Waals surface area (Å²) in [4.78, 5) is 7.26. The maximum atomic E-state index is 11.0. The van der Waals surface area contributed by atoms with Gasteiger partial charge >= 0.3 is 0 Å². The quantitative estimate of drug-likeness (QED) is 0.384.